The van der Waals surface area contributed by atoms with E-state index in [0.717, 1.165) is 79.2 Å². The molecule has 4 aliphatic heterocycles. The molecule has 2 fully saturated rings. The van der Waals surface area contributed by atoms with Crippen LogP contribution in [-0.4, -0.2) is 87.5 Å². The number of anilines is 2. The van der Waals surface area contributed by atoms with Crippen LogP contribution in [0.3, 0.4) is 0 Å². The molecule has 6 heterocycles. The molecule has 250 valence electrons. The summed E-state index contributed by atoms with van der Waals surface area (Å²) >= 11 is 0. The number of hydrogen-bond donors (Lipinski definition) is 1. The molecule has 1 amide bonds. The third kappa shape index (κ3) is 5.24. The van der Waals surface area contributed by atoms with Crippen molar-refractivity contribution in [2.24, 2.45) is 0 Å². The smallest absolute Gasteiger partial charge is 0.318 e. The molecular formula is C35H45FN8O3. The highest BCUT2D eigenvalue weighted by molar-refractivity contribution is 5.92. The number of alkyl halides is 1. The number of ether oxygens (including phenoxy) is 2. The van der Waals surface area contributed by atoms with E-state index in [-0.39, 0.29) is 11.4 Å². The number of nitrogens with two attached hydrogens (primary N) is 1. The number of halogens is 1. The number of benzene rings is 1. The number of nitrogen functional groups attached to an aromatic ring is 1. The van der Waals surface area contributed by atoms with Crippen molar-refractivity contribution >= 4 is 17.4 Å². The summed E-state index contributed by atoms with van der Waals surface area (Å²) in [6.07, 6.45) is 4.95. The van der Waals surface area contributed by atoms with E-state index in [2.05, 4.69) is 34.0 Å². The molecule has 2 N–H and O–H groups in total. The maximum absolute atomic E-state index is 14.6. The van der Waals surface area contributed by atoms with Gasteiger partial charge in [-0.25, -0.2) is 4.39 Å². The molecule has 12 heteroatoms. The zero-order chi connectivity index (χ0) is 32.5. The molecule has 0 bridgehead atoms. The standard InChI is InChI=1S/C35H45FN8O3/c1-22-8-10-35(28-14-24(37)6-7-26(22)28)17-30-27(20-47-35)31(39-33(38-30)46-21-34-9-4-12-43(34)18-23(36)16-34)42-11-5-13-44-25(19-42)15-29(40-44)32(45)41(2)3/h6-7,14-15,22-23H,4-5,8-13,16-21,37H2,1-3H3/t22-,23+,34?,35+/m0/s1. The van der Waals surface area contributed by atoms with Gasteiger partial charge in [0.15, 0.2) is 5.69 Å². The Labute approximate surface area is 275 Å². The van der Waals surface area contributed by atoms with Crippen molar-refractivity contribution in [2.45, 2.75) is 94.8 Å². The number of rotatable bonds is 5. The fraction of sp³-hybridized carbons (Fsp3) is 0.600. The predicted molar refractivity (Wildman–Crippen MR) is 175 cm³/mol. The van der Waals surface area contributed by atoms with Crippen molar-refractivity contribution in [2.75, 3.05) is 51.0 Å². The molecule has 2 aromatic heterocycles. The zero-order valence-corrected chi connectivity index (χ0v) is 27.7. The fourth-order valence-electron chi connectivity index (χ4n) is 8.74. The Balaban J connectivity index is 1.17. The number of hydrogen-bond acceptors (Lipinski definition) is 9. The maximum Gasteiger partial charge on any atom is 0.318 e. The molecule has 1 unspecified atom stereocenters. The quantitative estimate of drug-likeness (QED) is 0.409. The SMILES string of the molecule is C[C@H]1CC[C@@]2(Cc3nc(OCC45CCCN4C[C@H](F)C5)nc(N4CCCn5nc(C(=O)N(C)C)cc5C4)c3CO2)c2cc(N)ccc21. The zero-order valence-electron chi connectivity index (χ0n) is 27.7. The lowest BCUT2D eigenvalue weighted by Crippen LogP contribution is -2.44. The minimum Gasteiger partial charge on any atom is -0.461 e. The molecule has 4 atom stereocenters. The highest BCUT2D eigenvalue weighted by atomic mass is 19.1. The van der Waals surface area contributed by atoms with Crippen LogP contribution in [0.2, 0.25) is 0 Å². The molecule has 0 radical (unpaired) electrons. The molecule has 1 spiro atoms. The molecule has 1 aliphatic carbocycles. The van der Waals surface area contributed by atoms with Gasteiger partial charge in [0, 0.05) is 57.8 Å². The van der Waals surface area contributed by atoms with Gasteiger partial charge in [0.2, 0.25) is 0 Å². The van der Waals surface area contributed by atoms with Crippen molar-refractivity contribution < 1.29 is 18.7 Å². The third-order valence-electron chi connectivity index (χ3n) is 11.2. The normalized spacial score (nSPS) is 28.4. The van der Waals surface area contributed by atoms with Crippen LogP contribution in [0.1, 0.15) is 89.9 Å². The summed E-state index contributed by atoms with van der Waals surface area (Å²) < 4.78 is 29.9. The summed E-state index contributed by atoms with van der Waals surface area (Å²) in [5.74, 6) is 1.10. The molecule has 0 saturated carbocycles. The molecule has 8 rings (SSSR count). The summed E-state index contributed by atoms with van der Waals surface area (Å²) in [7, 11) is 3.48. The Hall–Kier alpha value is -3.77. The molecule has 1 aromatic carbocycles. The van der Waals surface area contributed by atoms with Gasteiger partial charge in [-0.15, -0.1) is 0 Å². The van der Waals surface area contributed by atoms with Gasteiger partial charge in [-0.05, 0) is 73.9 Å². The van der Waals surface area contributed by atoms with Crippen LogP contribution < -0.4 is 15.4 Å². The highest BCUT2D eigenvalue weighted by Crippen LogP contribution is 2.50. The Bertz CT molecular complexity index is 1710. The van der Waals surface area contributed by atoms with Crippen LogP contribution in [0, 0.1) is 0 Å². The first kappa shape index (κ1) is 30.6. The lowest BCUT2D eigenvalue weighted by atomic mass is 9.71. The fourth-order valence-corrected chi connectivity index (χ4v) is 8.74. The summed E-state index contributed by atoms with van der Waals surface area (Å²) in [5.41, 5.74) is 12.0. The molecule has 11 nitrogen and oxygen atoms in total. The van der Waals surface area contributed by atoms with E-state index < -0.39 is 11.8 Å². The van der Waals surface area contributed by atoms with Gasteiger partial charge >= 0.3 is 6.01 Å². The Morgan fingerprint density at radius 3 is 2.89 bits per heavy atom. The number of aryl methyl sites for hydroxylation is 1. The summed E-state index contributed by atoms with van der Waals surface area (Å²) in [5, 5.41) is 4.64. The lowest BCUT2D eigenvalue weighted by Gasteiger charge is -2.44. The largest absolute Gasteiger partial charge is 0.461 e. The van der Waals surface area contributed by atoms with Crippen molar-refractivity contribution in [3.8, 4) is 6.01 Å². The molecule has 2 saturated heterocycles. The average Bonchev–Trinajstić information content (AvgIpc) is 3.68. The van der Waals surface area contributed by atoms with E-state index in [1.165, 1.54) is 5.56 Å². The van der Waals surface area contributed by atoms with E-state index in [0.29, 0.717) is 63.3 Å². The number of carbonyl (C=O) groups excluding carboxylic acids is 1. The second kappa shape index (κ2) is 11.4. The topological polar surface area (TPSA) is 115 Å². The van der Waals surface area contributed by atoms with Crippen LogP contribution in [-0.2, 0) is 36.5 Å². The first-order chi connectivity index (χ1) is 22.6. The molecular weight excluding hydrogens is 599 g/mol. The molecule has 5 aliphatic rings. The maximum atomic E-state index is 14.6. The van der Waals surface area contributed by atoms with E-state index in [4.69, 9.17) is 25.2 Å². The first-order valence-electron chi connectivity index (χ1n) is 17.1. The first-order valence-corrected chi connectivity index (χ1v) is 17.1. The summed E-state index contributed by atoms with van der Waals surface area (Å²) in [6.45, 7) is 6.39. The van der Waals surface area contributed by atoms with Crippen LogP contribution >= 0.6 is 0 Å². The van der Waals surface area contributed by atoms with Crippen molar-refractivity contribution in [3.05, 3.63) is 58.0 Å². The average molecular weight is 645 g/mol. The highest BCUT2D eigenvalue weighted by Gasteiger charge is 2.50. The second-order valence-corrected chi connectivity index (χ2v) is 14.6. The predicted octanol–water partition coefficient (Wildman–Crippen LogP) is 4.19. The summed E-state index contributed by atoms with van der Waals surface area (Å²) in [6, 6.07) is 8.44. The van der Waals surface area contributed by atoms with Gasteiger partial charge in [-0.3, -0.25) is 14.4 Å². The van der Waals surface area contributed by atoms with Gasteiger partial charge < -0.3 is 25.0 Å². The van der Waals surface area contributed by atoms with Crippen LogP contribution in [0.5, 0.6) is 6.01 Å². The van der Waals surface area contributed by atoms with Gasteiger partial charge in [-0.2, -0.15) is 15.1 Å². The van der Waals surface area contributed by atoms with E-state index >= 15 is 0 Å². The Kier molecular flexibility index (Phi) is 7.43. The van der Waals surface area contributed by atoms with Gasteiger partial charge in [-0.1, -0.05) is 13.0 Å². The van der Waals surface area contributed by atoms with Crippen LogP contribution in [0.4, 0.5) is 15.9 Å². The second-order valence-electron chi connectivity index (χ2n) is 14.6. The number of aromatic nitrogens is 4. The van der Waals surface area contributed by atoms with Gasteiger partial charge in [0.05, 0.1) is 35.7 Å². The lowest BCUT2D eigenvalue weighted by molar-refractivity contribution is -0.0871. The summed E-state index contributed by atoms with van der Waals surface area (Å²) in [4.78, 5) is 29.0. The molecule has 47 heavy (non-hydrogen) atoms. The number of nitrogens with zero attached hydrogens (tertiary/aromatic N) is 7. The number of carbonyl (C=O) groups is 1. The number of amides is 1. The Morgan fingerprint density at radius 1 is 1.17 bits per heavy atom. The van der Waals surface area contributed by atoms with Gasteiger partial charge in [0.25, 0.3) is 5.91 Å². The van der Waals surface area contributed by atoms with Crippen molar-refractivity contribution in [1.82, 2.24) is 29.5 Å². The minimum absolute atomic E-state index is 0.114. The van der Waals surface area contributed by atoms with E-state index in [1.807, 2.05) is 16.8 Å². The monoisotopic (exact) mass is 644 g/mol. The molecule has 3 aromatic rings. The minimum atomic E-state index is -0.830. The van der Waals surface area contributed by atoms with Crippen LogP contribution in [0.15, 0.2) is 24.3 Å². The third-order valence-corrected chi connectivity index (χ3v) is 11.2. The van der Waals surface area contributed by atoms with E-state index in [9.17, 15) is 9.18 Å². The van der Waals surface area contributed by atoms with Crippen LogP contribution in [0.25, 0.3) is 0 Å². The Morgan fingerprint density at radius 2 is 2.04 bits per heavy atom. The van der Waals surface area contributed by atoms with Crippen molar-refractivity contribution in [3.63, 3.8) is 0 Å². The van der Waals surface area contributed by atoms with Crippen molar-refractivity contribution in [1.29, 1.82) is 0 Å². The van der Waals surface area contributed by atoms with Gasteiger partial charge in [0.1, 0.15) is 18.6 Å². The van der Waals surface area contributed by atoms with E-state index in [1.54, 1.807) is 19.0 Å². The number of fused-ring (bicyclic) bond motifs is 5.